The fraction of sp³-hybridized carbons (Fsp3) is 0.263. The normalized spacial score (nSPS) is 12.4. The number of benzene rings is 1. The highest BCUT2D eigenvalue weighted by atomic mass is 32.2. The molecule has 6 N–H and O–H groups in total. The number of nitrogens with one attached hydrogen (secondary N) is 2. The Balaban J connectivity index is 1.96. The number of carbonyl (C=O) groups excluding carboxylic acids is 1. The summed E-state index contributed by atoms with van der Waals surface area (Å²) in [7, 11) is -3.68. The van der Waals surface area contributed by atoms with E-state index in [1.807, 2.05) is 12.1 Å². The van der Waals surface area contributed by atoms with E-state index in [4.69, 9.17) is 11.5 Å². The Morgan fingerprint density at radius 1 is 1.21 bits per heavy atom. The molecule has 0 spiro atoms. The topological polar surface area (TPSA) is 144 Å². The van der Waals surface area contributed by atoms with E-state index in [-0.39, 0.29) is 17.9 Å². The zero-order chi connectivity index (χ0) is 20.5. The first kappa shape index (κ1) is 20.0. The Hall–Kier alpha value is -2.75. The van der Waals surface area contributed by atoms with E-state index in [1.54, 1.807) is 44.3 Å². The molecule has 2 aromatic heterocycles. The van der Waals surface area contributed by atoms with Gasteiger partial charge in [0.15, 0.2) is 0 Å². The summed E-state index contributed by atoms with van der Waals surface area (Å²) in [5, 5.41) is 0.830. The van der Waals surface area contributed by atoms with Gasteiger partial charge < -0.3 is 16.5 Å². The standard InChI is InChI=1S/C19H23N5O3S/c1-19(2,11-20)24-28(26,27)14-5-3-12(4-6-14)15-7-8-22-18-16(15)9-13(23-18)10-17(21)25/h3-9,24H,10-11,20H2,1-2H3,(H2,21,25)(H,22,23). The fourth-order valence-corrected chi connectivity index (χ4v) is 4.32. The van der Waals surface area contributed by atoms with Gasteiger partial charge in [0.1, 0.15) is 5.65 Å². The summed E-state index contributed by atoms with van der Waals surface area (Å²) in [6.07, 6.45) is 1.74. The molecule has 9 heteroatoms. The van der Waals surface area contributed by atoms with Crippen molar-refractivity contribution < 1.29 is 13.2 Å². The van der Waals surface area contributed by atoms with Crippen LogP contribution in [0.1, 0.15) is 19.5 Å². The third kappa shape index (κ3) is 4.22. The van der Waals surface area contributed by atoms with Gasteiger partial charge >= 0.3 is 0 Å². The van der Waals surface area contributed by atoms with Crippen molar-refractivity contribution in [3.8, 4) is 11.1 Å². The quantitative estimate of drug-likeness (QED) is 0.471. The molecule has 0 aliphatic rings. The molecule has 0 bridgehead atoms. The number of aromatic nitrogens is 2. The number of rotatable bonds is 7. The fourth-order valence-electron chi connectivity index (χ4n) is 2.89. The summed E-state index contributed by atoms with van der Waals surface area (Å²) in [6.45, 7) is 3.63. The lowest BCUT2D eigenvalue weighted by Gasteiger charge is -2.23. The van der Waals surface area contributed by atoms with Gasteiger partial charge in [-0.15, -0.1) is 0 Å². The van der Waals surface area contributed by atoms with Crippen LogP contribution in [0.4, 0.5) is 0 Å². The molecule has 0 fully saturated rings. The van der Waals surface area contributed by atoms with Crippen molar-refractivity contribution in [2.75, 3.05) is 6.54 Å². The zero-order valence-electron chi connectivity index (χ0n) is 15.7. The van der Waals surface area contributed by atoms with Crippen LogP contribution in [0.15, 0.2) is 47.5 Å². The molecular formula is C19H23N5O3S. The summed E-state index contributed by atoms with van der Waals surface area (Å²) >= 11 is 0. The number of hydrogen-bond acceptors (Lipinski definition) is 5. The number of aromatic amines is 1. The molecule has 28 heavy (non-hydrogen) atoms. The van der Waals surface area contributed by atoms with E-state index in [1.165, 1.54) is 0 Å². The number of sulfonamides is 1. The molecule has 3 rings (SSSR count). The van der Waals surface area contributed by atoms with Crippen molar-refractivity contribution in [3.63, 3.8) is 0 Å². The number of carbonyl (C=O) groups is 1. The van der Waals surface area contributed by atoms with Crippen LogP contribution in [0.3, 0.4) is 0 Å². The number of primary amides is 1. The predicted octanol–water partition coefficient (Wildman–Crippen LogP) is 1.27. The van der Waals surface area contributed by atoms with E-state index < -0.39 is 21.5 Å². The lowest BCUT2D eigenvalue weighted by molar-refractivity contribution is -0.117. The van der Waals surface area contributed by atoms with Crippen LogP contribution in [0, 0.1) is 0 Å². The highest BCUT2D eigenvalue weighted by Crippen LogP contribution is 2.29. The van der Waals surface area contributed by atoms with Crippen molar-refractivity contribution in [2.45, 2.75) is 30.7 Å². The van der Waals surface area contributed by atoms with Crippen LogP contribution in [-0.2, 0) is 21.2 Å². The van der Waals surface area contributed by atoms with Crippen molar-refractivity contribution in [1.82, 2.24) is 14.7 Å². The maximum atomic E-state index is 12.5. The van der Waals surface area contributed by atoms with Crippen LogP contribution in [0.5, 0.6) is 0 Å². The number of amides is 1. The summed E-state index contributed by atoms with van der Waals surface area (Å²) in [6, 6.07) is 10.2. The van der Waals surface area contributed by atoms with Crippen molar-refractivity contribution >= 4 is 27.0 Å². The molecule has 8 nitrogen and oxygen atoms in total. The molecular weight excluding hydrogens is 378 g/mol. The van der Waals surface area contributed by atoms with Crippen molar-refractivity contribution in [1.29, 1.82) is 0 Å². The molecule has 0 aliphatic carbocycles. The summed E-state index contributed by atoms with van der Waals surface area (Å²) < 4.78 is 27.7. The average molecular weight is 401 g/mol. The van der Waals surface area contributed by atoms with Crippen molar-refractivity contribution in [2.24, 2.45) is 11.5 Å². The van der Waals surface area contributed by atoms with E-state index in [0.29, 0.717) is 11.3 Å². The van der Waals surface area contributed by atoms with E-state index in [0.717, 1.165) is 16.5 Å². The van der Waals surface area contributed by atoms with E-state index >= 15 is 0 Å². The maximum Gasteiger partial charge on any atom is 0.241 e. The lowest BCUT2D eigenvalue weighted by atomic mass is 10.0. The molecule has 1 aromatic carbocycles. The Bertz CT molecular complexity index is 1120. The van der Waals surface area contributed by atoms with Gasteiger partial charge in [-0.1, -0.05) is 12.1 Å². The minimum absolute atomic E-state index is 0.0928. The second-order valence-electron chi connectivity index (χ2n) is 7.28. The van der Waals surface area contributed by atoms with Gasteiger partial charge in [0.25, 0.3) is 0 Å². The highest BCUT2D eigenvalue weighted by Gasteiger charge is 2.24. The molecule has 0 unspecified atom stereocenters. The van der Waals surface area contributed by atoms with Gasteiger partial charge in [0.05, 0.1) is 11.3 Å². The Kier molecular flexibility index (Phi) is 5.24. The molecule has 0 aliphatic heterocycles. The number of H-pyrrole nitrogens is 1. The average Bonchev–Trinajstić information content (AvgIpc) is 3.02. The van der Waals surface area contributed by atoms with Gasteiger partial charge in [0, 0.05) is 29.4 Å². The number of hydrogen-bond donors (Lipinski definition) is 4. The second kappa shape index (κ2) is 7.34. The second-order valence-corrected chi connectivity index (χ2v) is 8.96. The maximum absolute atomic E-state index is 12.5. The van der Waals surface area contributed by atoms with Gasteiger partial charge in [-0.25, -0.2) is 18.1 Å². The first-order valence-electron chi connectivity index (χ1n) is 8.71. The Morgan fingerprint density at radius 3 is 2.50 bits per heavy atom. The molecule has 0 saturated heterocycles. The minimum Gasteiger partial charge on any atom is -0.369 e. The SMILES string of the molecule is CC(C)(CN)NS(=O)(=O)c1ccc(-c2ccnc3[nH]c(CC(N)=O)cc23)cc1. The molecule has 2 heterocycles. The third-order valence-electron chi connectivity index (χ3n) is 4.35. The van der Waals surface area contributed by atoms with E-state index in [2.05, 4.69) is 14.7 Å². The van der Waals surface area contributed by atoms with Crippen LogP contribution in [-0.4, -0.2) is 36.4 Å². The van der Waals surface area contributed by atoms with Gasteiger partial charge in [-0.3, -0.25) is 4.79 Å². The summed E-state index contributed by atoms with van der Waals surface area (Å²) in [4.78, 5) is 18.7. The Labute approximate surface area is 163 Å². The molecule has 1 amide bonds. The highest BCUT2D eigenvalue weighted by molar-refractivity contribution is 7.89. The van der Waals surface area contributed by atoms with Gasteiger partial charge in [-0.2, -0.15) is 0 Å². The number of nitrogens with zero attached hydrogens (tertiary/aromatic N) is 1. The summed E-state index contributed by atoms with van der Waals surface area (Å²) in [5.41, 5.74) is 13.1. The van der Waals surface area contributed by atoms with Gasteiger partial charge in [0.2, 0.25) is 15.9 Å². The molecule has 3 aromatic rings. The first-order valence-corrected chi connectivity index (χ1v) is 10.2. The van der Waals surface area contributed by atoms with Crippen LogP contribution >= 0.6 is 0 Å². The molecule has 148 valence electrons. The number of nitrogens with two attached hydrogens (primary N) is 2. The lowest BCUT2D eigenvalue weighted by Crippen LogP contribution is -2.48. The smallest absolute Gasteiger partial charge is 0.241 e. The minimum atomic E-state index is -3.68. The first-order chi connectivity index (χ1) is 13.1. The molecule has 0 saturated carbocycles. The van der Waals surface area contributed by atoms with Crippen LogP contribution in [0.2, 0.25) is 0 Å². The third-order valence-corrected chi connectivity index (χ3v) is 6.06. The van der Waals surface area contributed by atoms with Crippen LogP contribution < -0.4 is 16.2 Å². The Morgan fingerprint density at radius 2 is 1.89 bits per heavy atom. The van der Waals surface area contributed by atoms with E-state index in [9.17, 15) is 13.2 Å². The molecule has 0 radical (unpaired) electrons. The van der Waals surface area contributed by atoms with Crippen molar-refractivity contribution in [3.05, 3.63) is 48.3 Å². The monoisotopic (exact) mass is 401 g/mol. The largest absolute Gasteiger partial charge is 0.369 e. The van der Waals surface area contributed by atoms with Gasteiger partial charge in [-0.05, 0) is 49.2 Å². The van der Waals surface area contributed by atoms with Crippen LogP contribution in [0.25, 0.3) is 22.2 Å². The molecule has 0 atom stereocenters. The predicted molar refractivity (Wildman–Crippen MR) is 108 cm³/mol. The zero-order valence-corrected chi connectivity index (χ0v) is 16.5. The number of pyridine rings is 1. The number of fused-ring (bicyclic) bond motifs is 1. The summed E-state index contributed by atoms with van der Waals surface area (Å²) in [5.74, 6) is -0.435.